The molecule has 0 amide bonds. The molecule has 0 bridgehead atoms. The van der Waals surface area contributed by atoms with Gasteiger partial charge in [-0.05, 0) is 42.5 Å². The van der Waals surface area contributed by atoms with Crippen LogP contribution in [0.4, 0.5) is 0 Å². The Morgan fingerprint density at radius 1 is 1.14 bits per heavy atom. The fraction of sp³-hybridized carbons (Fsp3) is 0.0667. The highest BCUT2D eigenvalue weighted by Crippen LogP contribution is 2.31. The highest BCUT2D eigenvalue weighted by molar-refractivity contribution is 6.33. The lowest BCUT2D eigenvalue weighted by molar-refractivity contribution is 0.415. The third-order valence-corrected chi connectivity index (χ3v) is 3.28. The van der Waals surface area contributed by atoms with Gasteiger partial charge in [-0.15, -0.1) is 0 Å². The molecule has 3 rings (SSSR count). The van der Waals surface area contributed by atoms with Crippen molar-refractivity contribution < 1.29 is 14.4 Å². The van der Waals surface area contributed by atoms with Crippen LogP contribution in [0.15, 0.2) is 47.0 Å². The average molecular weight is 303 g/mol. The van der Waals surface area contributed by atoms with E-state index in [2.05, 4.69) is 10.1 Å². The van der Waals surface area contributed by atoms with Crippen LogP contribution >= 0.6 is 11.6 Å². The van der Waals surface area contributed by atoms with Crippen LogP contribution < -0.4 is 4.74 Å². The van der Waals surface area contributed by atoms with Crippen molar-refractivity contribution in [1.29, 1.82) is 0 Å². The van der Waals surface area contributed by atoms with Crippen LogP contribution in [-0.4, -0.2) is 22.4 Å². The molecular formula is C15H11ClN2O3. The van der Waals surface area contributed by atoms with Crippen molar-refractivity contribution in [2.75, 3.05) is 7.11 Å². The minimum Gasteiger partial charge on any atom is -0.508 e. The predicted octanol–water partition coefficient (Wildman–Crippen LogP) is 3.77. The summed E-state index contributed by atoms with van der Waals surface area (Å²) in [5.41, 5.74) is 1.28. The standard InChI is InChI=1S/C15H11ClN2O3/c1-20-11-5-2-9(3-6-11)14-17-15(21-18-14)12-8-10(19)4-7-13(12)16/h2-8,19H,1H3. The summed E-state index contributed by atoms with van der Waals surface area (Å²) in [7, 11) is 1.60. The Bertz CT molecular complexity index is 769. The number of phenolic OH excluding ortho intramolecular Hbond substituents is 1. The Kier molecular flexibility index (Phi) is 3.50. The van der Waals surface area contributed by atoms with E-state index in [4.69, 9.17) is 20.9 Å². The lowest BCUT2D eigenvalue weighted by atomic mass is 10.2. The molecule has 21 heavy (non-hydrogen) atoms. The van der Waals surface area contributed by atoms with E-state index in [1.54, 1.807) is 13.2 Å². The van der Waals surface area contributed by atoms with Crippen molar-refractivity contribution in [3.8, 4) is 34.3 Å². The van der Waals surface area contributed by atoms with Crippen LogP contribution in [0.25, 0.3) is 22.8 Å². The fourth-order valence-corrected chi connectivity index (χ4v) is 2.07. The van der Waals surface area contributed by atoms with Crippen LogP contribution in [0.2, 0.25) is 5.02 Å². The number of rotatable bonds is 3. The van der Waals surface area contributed by atoms with Gasteiger partial charge in [-0.25, -0.2) is 0 Å². The lowest BCUT2D eigenvalue weighted by Crippen LogP contribution is -1.84. The van der Waals surface area contributed by atoms with E-state index in [0.29, 0.717) is 16.4 Å². The maximum absolute atomic E-state index is 9.52. The monoisotopic (exact) mass is 302 g/mol. The van der Waals surface area contributed by atoms with Crippen LogP contribution in [-0.2, 0) is 0 Å². The van der Waals surface area contributed by atoms with Gasteiger partial charge in [-0.2, -0.15) is 4.98 Å². The summed E-state index contributed by atoms with van der Waals surface area (Å²) in [6.45, 7) is 0. The largest absolute Gasteiger partial charge is 0.508 e. The summed E-state index contributed by atoms with van der Waals surface area (Å²) in [6.07, 6.45) is 0. The first-order chi connectivity index (χ1) is 10.2. The van der Waals surface area contributed by atoms with Crippen LogP contribution in [0.1, 0.15) is 0 Å². The zero-order valence-electron chi connectivity index (χ0n) is 11.1. The molecule has 6 heteroatoms. The second-order valence-corrected chi connectivity index (χ2v) is 4.72. The Hall–Kier alpha value is -2.53. The fourth-order valence-electron chi connectivity index (χ4n) is 1.87. The van der Waals surface area contributed by atoms with Gasteiger partial charge >= 0.3 is 0 Å². The third-order valence-electron chi connectivity index (χ3n) is 2.95. The second-order valence-electron chi connectivity index (χ2n) is 4.32. The highest BCUT2D eigenvalue weighted by Gasteiger charge is 2.14. The molecule has 3 aromatic rings. The number of halogens is 1. The van der Waals surface area contributed by atoms with Gasteiger partial charge in [-0.1, -0.05) is 16.8 Å². The molecule has 1 N–H and O–H groups in total. The minimum absolute atomic E-state index is 0.0820. The number of benzene rings is 2. The number of hydrogen-bond acceptors (Lipinski definition) is 5. The van der Waals surface area contributed by atoms with E-state index in [1.165, 1.54) is 12.1 Å². The number of nitrogens with zero attached hydrogens (tertiary/aromatic N) is 2. The molecule has 0 saturated carbocycles. The molecule has 0 atom stereocenters. The van der Waals surface area contributed by atoms with Gasteiger partial charge in [-0.3, -0.25) is 0 Å². The van der Waals surface area contributed by atoms with Crippen molar-refractivity contribution in [2.45, 2.75) is 0 Å². The van der Waals surface area contributed by atoms with Gasteiger partial charge < -0.3 is 14.4 Å². The first-order valence-electron chi connectivity index (χ1n) is 6.14. The molecule has 0 radical (unpaired) electrons. The molecule has 0 fully saturated rings. The summed E-state index contributed by atoms with van der Waals surface area (Å²) in [5.74, 6) is 1.52. The lowest BCUT2D eigenvalue weighted by Gasteiger charge is -1.99. The maximum atomic E-state index is 9.52. The molecule has 0 unspecified atom stereocenters. The van der Waals surface area contributed by atoms with E-state index >= 15 is 0 Å². The summed E-state index contributed by atoms with van der Waals surface area (Å²) in [6, 6.07) is 11.8. The number of hydrogen-bond donors (Lipinski definition) is 1. The Morgan fingerprint density at radius 2 is 1.90 bits per heavy atom. The molecule has 1 heterocycles. The normalized spacial score (nSPS) is 10.6. The van der Waals surface area contributed by atoms with Gasteiger partial charge in [0, 0.05) is 5.56 Å². The summed E-state index contributed by atoms with van der Waals surface area (Å²) < 4.78 is 10.3. The third kappa shape index (κ3) is 2.68. The van der Waals surface area contributed by atoms with Gasteiger partial charge in [0.15, 0.2) is 0 Å². The molecule has 5 nitrogen and oxygen atoms in total. The van der Waals surface area contributed by atoms with Crippen LogP contribution in [0.3, 0.4) is 0 Å². The van der Waals surface area contributed by atoms with Gasteiger partial charge in [0.05, 0.1) is 17.7 Å². The molecule has 0 spiro atoms. The highest BCUT2D eigenvalue weighted by atomic mass is 35.5. The topological polar surface area (TPSA) is 68.4 Å². The molecule has 2 aromatic carbocycles. The summed E-state index contributed by atoms with van der Waals surface area (Å²) in [4.78, 5) is 4.29. The van der Waals surface area contributed by atoms with E-state index < -0.39 is 0 Å². The molecule has 1 aromatic heterocycles. The molecule has 0 aliphatic heterocycles. The Labute approximate surface area is 125 Å². The van der Waals surface area contributed by atoms with Gasteiger partial charge in [0.1, 0.15) is 11.5 Å². The number of aromatic nitrogens is 2. The smallest absolute Gasteiger partial charge is 0.259 e. The quantitative estimate of drug-likeness (QED) is 0.797. The van der Waals surface area contributed by atoms with E-state index in [0.717, 1.165) is 11.3 Å². The van der Waals surface area contributed by atoms with Crippen LogP contribution in [0, 0.1) is 0 Å². The zero-order chi connectivity index (χ0) is 14.8. The van der Waals surface area contributed by atoms with Gasteiger partial charge in [0.2, 0.25) is 5.82 Å². The number of phenols is 1. The molecule has 0 aliphatic carbocycles. The van der Waals surface area contributed by atoms with Crippen molar-refractivity contribution in [3.05, 3.63) is 47.5 Å². The molecule has 106 valence electrons. The summed E-state index contributed by atoms with van der Waals surface area (Å²) >= 11 is 6.07. The molecule has 0 aliphatic rings. The first-order valence-corrected chi connectivity index (χ1v) is 6.52. The van der Waals surface area contributed by atoms with E-state index in [-0.39, 0.29) is 11.6 Å². The Morgan fingerprint density at radius 3 is 2.62 bits per heavy atom. The molecular weight excluding hydrogens is 292 g/mol. The number of ether oxygens (including phenoxy) is 1. The van der Waals surface area contributed by atoms with Gasteiger partial charge in [0.25, 0.3) is 5.89 Å². The SMILES string of the molecule is COc1ccc(-c2noc(-c3cc(O)ccc3Cl)n2)cc1. The van der Waals surface area contributed by atoms with Crippen molar-refractivity contribution >= 4 is 11.6 Å². The minimum atomic E-state index is 0.0820. The van der Waals surface area contributed by atoms with Crippen LogP contribution in [0.5, 0.6) is 11.5 Å². The number of methoxy groups -OCH3 is 1. The van der Waals surface area contributed by atoms with E-state index in [1.807, 2.05) is 24.3 Å². The Balaban J connectivity index is 1.97. The second kappa shape index (κ2) is 5.46. The zero-order valence-corrected chi connectivity index (χ0v) is 11.8. The number of aromatic hydroxyl groups is 1. The first kappa shape index (κ1) is 13.5. The predicted molar refractivity (Wildman–Crippen MR) is 78.4 cm³/mol. The molecule has 0 saturated heterocycles. The van der Waals surface area contributed by atoms with Crippen molar-refractivity contribution in [3.63, 3.8) is 0 Å². The van der Waals surface area contributed by atoms with Crippen molar-refractivity contribution in [1.82, 2.24) is 10.1 Å². The average Bonchev–Trinajstić information content (AvgIpc) is 2.99. The maximum Gasteiger partial charge on any atom is 0.259 e. The summed E-state index contributed by atoms with van der Waals surface area (Å²) in [5, 5.41) is 13.9. The van der Waals surface area contributed by atoms with E-state index in [9.17, 15) is 5.11 Å². The van der Waals surface area contributed by atoms with Crippen molar-refractivity contribution in [2.24, 2.45) is 0 Å².